The Balaban J connectivity index is 1.72. The molecule has 0 spiro atoms. The number of phenols is 1. The average molecular weight is 852 g/mol. The molecule has 1 aromatic heterocycles. The minimum atomic E-state index is -4.83. The van der Waals surface area contributed by atoms with Crippen molar-refractivity contribution in [1.29, 1.82) is 0 Å². The second kappa shape index (κ2) is 15.7. The van der Waals surface area contributed by atoms with Crippen molar-refractivity contribution >= 4 is 85.9 Å². The first kappa shape index (κ1) is 41.9. The van der Waals surface area contributed by atoms with E-state index in [4.69, 9.17) is 0 Å². The van der Waals surface area contributed by atoms with E-state index in [0.29, 0.717) is 16.7 Å². The molecule has 24 heteroatoms. The van der Waals surface area contributed by atoms with E-state index < -0.39 is 67.5 Å². The number of aryl methyl sites for hydroxylation is 3. The van der Waals surface area contributed by atoms with Crippen molar-refractivity contribution in [3.05, 3.63) is 77.1 Å². The standard InChI is InChI=1S/C32H33N7O13S4/c1-17-7-8-23(26(9-17)55(46,47)51-5)35-31-33-16-34-32(37-31)36-25-14-22(54(44,45)50-4)13-20-12-21(15-53(41,42)43)29(30(40)28(20)25)39-38-24-10-18(2)19(3)11-27(24)56(48,49)52-6/h7-14,16,40H,15H2,1-6H3,(H,41,42,43)(H2,33,34,35,36,37). The maximum atomic E-state index is 12.9. The molecule has 4 N–H and O–H groups in total. The van der Waals surface area contributed by atoms with E-state index in [-0.39, 0.29) is 50.2 Å². The van der Waals surface area contributed by atoms with Gasteiger partial charge in [0.25, 0.3) is 40.5 Å². The molecule has 0 aliphatic carbocycles. The summed E-state index contributed by atoms with van der Waals surface area (Å²) in [5.41, 5.74) is 0.427. The summed E-state index contributed by atoms with van der Waals surface area (Å²) in [7, 11) is -15.0. The van der Waals surface area contributed by atoms with Gasteiger partial charge in [0.2, 0.25) is 11.9 Å². The van der Waals surface area contributed by atoms with Crippen molar-refractivity contribution < 1.29 is 55.9 Å². The normalized spacial score (nSPS) is 12.7. The number of aromatic nitrogens is 3. The molecule has 298 valence electrons. The van der Waals surface area contributed by atoms with Gasteiger partial charge >= 0.3 is 0 Å². The third kappa shape index (κ3) is 9.08. The number of anilines is 4. The molecule has 0 aliphatic heterocycles. The Morgan fingerprint density at radius 2 is 1.29 bits per heavy atom. The van der Waals surface area contributed by atoms with Gasteiger partial charge in [-0.05, 0) is 85.3 Å². The fourth-order valence-electron chi connectivity index (χ4n) is 5.23. The summed E-state index contributed by atoms with van der Waals surface area (Å²) in [4.78, 5) is 11.2. The molecule has 0 fully saturated rings. The number of nitrogens with zero attached hydrogens (tertiary/aromatic N) is 5. The van der Waals surface area contributed by atoms with E-state index in [2.05, 4.69) is 48.4 Å². The Bertz CT molecular complexity index is 2870. The number of aromatic hydroxyl groups is 1. The lowest BCUT2D eigenvalue weighted by Crippen LogP contribution is -2.09. The third-order valence-electron chi connectivity index (χ3n) is 8.10. The van der Waals surface area contributed by atoms with Gasteiger partial charge in [-0.2, -0.15) is 38.7 Å². The number of hydrogen-bond acceptors (Lipinski definition) is 19. The maximum absolute atomic E-state index is 12.9. The van der Waals surface area contributed by atoms with Gasteiger partial charge in [0.1, 0.15) is 33.2 Å². The summed E-state index contributed by atoms with van der Waals surface area (Å²) >= 11 is 0. The summed E-state index contributed by atoms with van der Waals surface area (Å²) in [5.74, 6) is -2.40. The first-order valence-electron chi connectivity index (χ1n) is 15.7. The van der Waals surface area contributed by atoms with E-state index in [0.717, 1.165) is 45.9 Å². The zero-order valence-electron chi connectivity index (χ0n) is 30.2. The highest BCUT2D eigenvalue weighted by Crippen LogP contribution is 2.45. The lowest BCUT2D eigenvalue weighted by atomic mass is 10.0. The molecule has 20 nitrogen and oxygen atoms in total. The van der Waals surface area contributed by atoms with Crippen LogP contribution in [-0.4, -0.2) is 79.6 Å². The monoisotopic (exact) mass is 851 g/mol. The predicted molar refractivity (Wildman–Crippen MR) is 201 cm³/mol. The summed E-state index contributed by atoms with van der Waals surface area (Å²) in [6.07, 6.45) is 1.03. The summed E-state index contributed by atoms with van der Waals surface area (Å²) in [6, 6.07) is 10.3. The SMILES string of the molecule is COS(=O)(=O)c1cc(Nc2ncnc(Nc3ccc(C)cc3S(=O)(=O)OC)n2)c2c(O)c(N=Nc3cc(C)c(C)cc3S(=O)(=O)OC)c(CS(=O)(=O)O)cc2c1. The molecule has 1 heterocycles. The van der Waals surface area contributed by atoms with Crippen molar-refractivity contribution in [2.45, 2.75) is 41.2 Å². The lowest BCUT2D eigenvalue weighted by molar-refractivity contribution is 0.397. The Morgan fingerprint density at radius 3 is 1.89 bits per heavy atom. The molecule has 56 heavy (non-hydrogen) atoms. The van der Waals surface area contributed by atoms with Crippen molar-refractivity contribution in [3.8, 4) is 5.75 Å². The second-order valence-electron chi connectivity index (χ2n) is 11.9. The Morgan fingerprint density at radius 1 is 0.696 bits per heavy atom. The van der Waals surface area contributed by atoms with Crippen LogP contribution in [0.15, 0.2) is 79.8 Å². The third-order valence-corrected chi connectivity index (χ3v) is 12.6. The molecule has 0 saturated heterocycles. The predicted octanol–water partition coefficient (Wildman–Crippen LogP) is 4.95. The van der Waals surface area contributed by atoms with Gasteiger partial charge in [-0.3, -0.25) is 17.1 Å². The largest absolute Gasteiger partial charge is 0.505 e. The van der Waals surface area contributed by atoms with Gasteiger partial charge in [0, 0.05) is 10.9 Å². The zero-order chi connectivity index (χ0) is 41.4. The quantitative estimate of drug-likeness (QED) is 0.0652. The first-order valence-corrected chi connectivity index (χ1v) is 21.5. The molecule has 0 radical (unpaired) electrons. The minimum absolute atomic E-state index is 0.0393. The Hall–Kier alpha value is -5.21. The number of fused-ring (bicyclic) bond motifs is 1. The van der Waals surface area contributed by atoms with Crippen LogP contribution in [0.4, 0.5) is 34.6 Å². The highest BCUT2D eigenvalue weighted by molar-refractivity contribution is 7.87. The van der Waals surface area contributed by atoms with Crippen LogP contribution in [0.5, 0.6) is 5.75 Å². The van der Waals surface area contributed by atoms with E-state index >= 15 is 0 Å². The highest BCUT2D eigenvalue weighted by Gasteiger charge is 2.26. The van der Waals surface area contributed by atoms with Crippen molar-refractivity contribution in [1.82, 2.24) is 15.0 Å². The molecule has 0 unspecified atom stereocenters. The first-order chi connectivity index (χ1) is 26.1. The second-order valence-corrected chi connectivity index (χ2v) is 18.4. The van der Waals surface area contributed by atoms with Gasteiger partial charge < -0.3 is 15.7 Å². The van der Waals surface area contributed by atoms with Crippen molar-refractivity contribution in [3.63, 3.8) is 0 Å². The van der Waals surface area contributed by atoms with E-state index in [1.165, 1.54) is 24.3 Å². The molecule has 0 bridgehead atoms. The van der Waals surface area contributed by atoms with Crippen LogP contribution in [0.2, 0.25) is 0 Å². The molecular weight excluding hydrogens is 819 g/mol. The molecule has 5 aromatic rings. The Labute approximate surface area is 321 Å². The topological polar surface area (TPSA) is 292 Å². The van der Waals surface area contributed by atoms with E-state index in [1.54, 1.807) is 26.8 Å². The van der Waals surface area contributed by atoms with Crippen LogP contribution in [0.3, 0.4) is 0 Å². The highest BCUT2D eigenvalue weighted by atomic mass is 32.2. The molecule has 4 aromatic carbocycles. The maximum Gasteiger partial charge on any atom is 0.298 e. The number of azo groups is 1. The molecule has 0 aliphatic rings. The molecule has 0 saturated carbocycles. The summed E-state index contributed by atoms with van der Waals surface area (Å²) in [6.45, 7) is 4.99. The average Bonchev–Trinajstić information content (AvgIpc) is 3.12. The summed E-state index contributed by atoms with van der Waals surface area (Å²) < 4.78 is 125. The van der Waals surface area contributed by atoms with Crippen LogP contribution in [0.1, 0.15) is 22.3 Å². The molecule has 5 rings (SSSR count). The van der Waals surface area contributed by atoms with Gasteiger partial charge in [-0.15, -0.1) is 10.2 Å². The van der Waals surface area contributed by atoms with Gasteiger partial charge in [-0.25, -0.2) is 9.97 Å². The van der Waals surface area contributed by atoms with Crippen LogP contribution < -0.4 is 10.6 Å². The lowest BCUT2D eigenvalue weighted by Gasteiger charge is -2.16. The molecule has 0 atom stereocenters. The fraction of sp³-hybridized carbons (Fsp3) is 0.219. The molecule has 0 amide bonds. The van der Waals surface area contributed by atoms with E-state index in [1.807, 2.05) is 0 Å². The number of phenolic OH excluding ortho intramolecular Hbond substituents is 1. The summed E-state index contributed by atoms with van der Waals surface area (Å²) in [5, 5.41) is 25.0. The fourth-order valence-corrected chi connectivity index (χ4v) is 8.33. The van der Waals surface area contributed by atoms with E-state index in [9.17, 15) is 43.3 Å². The molecular formula is C32H33N7O13S4. The van der Waals surface area contributed by atoms with Crippen LogP contribution in [-0.2, 0) is 58.8 Å². The number of benzene rings is 4. The van der Waals surface area contributed by atoms with Crippen LogP contribution >= 0.6 is 0 Å². The van der Waals surface area contributed by atoms with Crippen molar-refractivity contribution in [2.24, 2.45) is 10.2 Å². The van der Waals surface area contributed by atoms with Gasteiger partial charge in [0.05, 0.1) is 37.6 Å². The number of rotatable bonds is 14. The minimum Gasteiger partial charge on any atom is -0.505 e. The van der Waals surface area contributed by atoms with Crippen LogP contribution in [0, 0.1) is 20.8 Å². The van der Waals surface area contributed by atoms with Gasteiger partial charge in [-0.1, -0.05) is 6.07 Å². The van der Waals surface area contributed by atoms with Crippen LogP contribution in [0.25, 0.3) is 10.8 Å². The number of nitrogens with one attached hydrogen (secondary N) is 2. The van der Waals surface area contributed by atoms with Gasteiger partial charge in [0.15, 0.2) is 5.75 Å². The number of hydrogen-bond donors (Lipinski definition) is 4. The smallest absolute Gasteiger partial charge is 0.298 e. The Kier molecular flexibility index (Phi) is 11.8. The zero-order valence-corrected chi connectivity index (χ0v) is 33.4. The van der Waals surface area contributed by atoms with Crippen molar-refractivity contribution in [2.75, 3.05) is 32.0 Å².